The maximum atomic E-state index is 4.36. The molecule has 0 saturated carbocycles. The molecule has 2 heterocycles. The zero-order chi connectivity index (χ0) is 11.4. The summed E-state index contributed by atoms with van der Waals surface area (Å²) in [6, 6.07) is 3.95. The Balaban J connectivity index is 2.27. The van der Waals surface area contributed by atoms with Crippen molar-refractivity contribution in [3.8, 4) is 11.3 Å². The summed E-state index contributed by atoms with van der Waals surface area (Å²) in [4.78, 5) is 4.01. The Kier molecular flexibility index (Phi) is 3.31. The summed E-state index contributed by atoms with van der Waals surface area (Å²) in [6.45, 7) is 3.06. The summed E-state index contributed by atoms with van der Waals surface area (Å²) >= 11 is 0. The van der Waals surface area contributed by atoms with Crippen molar-refractivity contribution in [1.82, 2.24) is 20.5 Å². The molecule has 4 nitrogen and oxygen atoms in total. The van der Waals surface area contributed by atoms with E-state index in [4.69, 9.17) is 0 Å². The second kappa shape index (κ2) is 4.90. The second-order valence-electron chi connectivity index (χ2n) is 3.77. The summed E-state index contributed by atoms with van der Waals surface area (Å²) in [5, 5.41) is 10.6. The van der Waals surface area contributed by atoms with Crippen LogP contribution in [-0.4, -0.2) is 28.8 Å². The minimum Gasteiger partial charge on any atom is -0.319 e. The van der Waals surface area contributed by atoms with Crippen LogP contribution in [-0.2, 0) is 6.42 Å². The van der Waals surface area contributed by atoms with Crippen molar-refractivity contribution >= 4 is 0 Å². The number of likely N-dealkylation sites (N-methyl/N-ethyl adjacent to an activating group) is 1. The van der Waals surface area contributed by atoms with Gasteiger partial charge < -0.3 is 5.32 Å². The van der Waals surface area contributed by atoms with Crippen LogP contribution >= 0.6 is 0 Å². The number of aromatic nitrogens is 3. The van der Waals surface area contributed by atoms with Crippen molar-refractivity contribution in [2.75, 3.05) is 13.6 Å². The highest BCUT2D eigenvalue weighted by atomic mass is 15.1. The van der Waals surface area contributed by atoms with Crippen LogP contribution in [0.2, 0.25) is 0 Å². The van der Waals surface area contributed by atoms with E-state index >= 15 is 0 Å². The predicted molar refractivity (Wildman–Crippen MR) is 64.2 cm³/mol. The maximum Gasteiger partial charge on any atom is 0.0953 e. The van der Waals surface area contributed by atoms with E-state index < -0.39 is 0 Å². The van der Waals surface area contributed by atoms with Gasteiger partial charge in [-0.1, -0.05) is 0 Å². The van der Waals surface area contributed by atoms with Gasteiger partial charge in [-0.25, -0.2) is 0 Å². The molecule has 0 aliphatic rings. The highest BCUT2D eigenvalue weighted by molar-refractivity contribution is 5.62. The van der Waals surface area contributed by atoms with Crippen molar-refractivity contribution < 1.29 is 0 Å². The fourth-order valence-corrected chi connectivity index (χ4v) is 1.72. The van der Waals surface area contributed by atoms with Crippen LogP contribution in [0.5, 0.6) is 0 Å². The van der Waals surface area contributed by atoms with E-state index in [1.165, 1.54) is 11.3 Å². The molecule has 0 saturated heterocycles. The Bertz CT molecular complexity index is 447. The van der Waals surface area contributed by atoms with Gasteiger partial charge in [-0.2, -0.15) is 5.10 Å². The molecule has 0 amide bonds. The molecule has 4 heteroatoms. The standard InChI is InChI=1S/C12H16N4/c1-9-11(5-6-13-2)15-16-12(9)10-3-7-14-8-4-10/h3-4,7-8,13H,5-6H2,1-2H3,(H,15,16). The van der Waals surface area contributed by atoms with E-state index in [9.17, 15) is 0 Å². The van der Waals surface area contributed by atoms with Crippen molar-refractivity contribution in [2.24, 2.45) is 0 Å². The molecule has 0 aliphatic carbocycles. The van der Waals surface area contributed by atoms with Gasteiger partial charge in [0.1, 0.15) is 0 Å². The molecule has 0 aromatic carbocycles. The number of H-pyrrole nitrogens is 1. The molecule has 0 unspecified atom stereocenters. The first-order valence-electron chi connectivity index (χ1n) is 5.41. The van der Waals surface area contributed by atoms with Crippen molar-refractivity contribution in [3.05, 3.63) is 35.8 Å². The molecule has 0 atom stereocenters. The summed E-state index contributed by atoms with van der Waals surface area (Å²) in [5.74, 6) is 0. The SMILES string of the molecule is CNCCc1[nH]nc(-c2ccncc2)c1C. The lowest BCUT2D eigenvalue weighted by atomic mass is 10.1. The van der Waals surface area contributed by atoms with Crippen LogP contribution < -0.4 is 5.32 Å². The van der Waals surface area contributed by atoms with Crippen LogP contribution in [0.15, 0.2) is 24.5 Å². The number of hydrogen-bond donors (Lipinski definition) is 2. The molecule has 16 heavy (non-hydrogen) atoms. The van der Waals surface area contributed by atoms with Crippen molar-refractivity contribution in [3.63, 3.8) is 0 Å². The Labute approximate surface area is 95.1 Å². The molecule has 2 rings (SSSR count). The number of aromatic amines is 1. The summed E-state index contributed by atoms with van der Waals surface area (Å²) in [6.07, 6.45) is 4.55. The van der Waals surface area contributed by atoms with E-state index in [-0.39, 0.29) is 0 Å². The first kappa shape index (κ1) is 10.8. The average molecular weight is 216 g/mol. The van der Waals surface area contributed by atoms with Crippen LogP contribution in [0.3, 0.4) is 0 Å². The van der Waals surface area contributed by atoms with E-state index in [1.807, 2.05) is 19.2 Å². The van der Waals surface area contributed by atoms with Gasteiger partial charge in [-0.05, 0) is 31.7 Å². The molecule has 84 valence electrons. The first-order valence-corrected chi connectivity index (χ1v) is 5.41. The number of pyridine rings is 1. The molecular weight excluding hydrogens is 200 g/mol. The number of rotatable bonds is 4. The van der Waals surface area contributed by atoms with E-state index in [1.54, 1.807) is 12.4 Å². The maximum absolute atomic E-state index is 4.36. The van der Waals surface area contributed by atoms with E-state index in [0.717, 1.165) is 24.2 Å². The monoisotopic (exact) mass is 216 g/mol. The minimum atomic E-state index is 0.957. The quantitative estimate of drug-likeness (QED) is 0.815. The Hall–Kier alpha value is -1.68. The summed E-state index contributed by atoms with van der Waals surface area (Å²) in [7, 11) is 1.95. The molecule has 0 fully saturated rings. The molecular formula is C12H16N4. The minimum absolute atomic E-state index is 0.957. The average Bonchev–Trinajstić information content (AvgIpc) is 2.69. The third kappa shape index (κ3) is 2.12. The van der Waals surface area contributed by atoms with Gasteiger partial charge in [0.2, 0.25) is 0 Å². The highest BCUT2D eigenvalue weighted by Crippen LogP contribution is 2.22. The van der Waals surface area contributed by atoms with Gasteiger partial charge in [-0.15, -0.1) is 0 Å². The molecule has 0 bridgehead atoms. The highest BCUT2D eigenvalue weighted by Gasteiger charge is 2.09. The third-order valence-electron chi connectivity index (χ3n) is 2.69. The molecule has 0 radical (unpaired) electrons. The first-order chi connectivity index (χ1) is 7.83. The zero-order valence-electron chi connectivity index (χ0n) is 9.62. The topological polar surface area (TPSA) is 53.6 Å². The Morgan fingerprint density at radius 2 is 2.06 bits per heavy atom. The summed E-state index contributed by atoms with van der Waals surface area (Å²) in [5.41, 5.74) is 4.55. The Morgan fingerprint density at radius 1 is 1.31 bits per heavy atom. The van der Waals surface area contributed by atoms with Crippen molar-refractivity contribution in [2.45, 2.75) is 13.3 Å². The van der Waals surface area contributed by atoms with Gasteiger partial charge >= 0.3 is 0 Å². The largest absolute Gasteiger partial charge is 0.319 e. The van der Waals surface area contributed by atoms with E-state index in [2.05, 4.69) is 27.4 Å². The lowest BCUT2D eigenvalue weighted by molar-refractivity contribution is 0.769. The van der Waals surface area contributed by atoms with Gasteiger partial charge in [0.05, 0.1) is 5.69 Å². The van der Waals surface area contributed by atoms with E-state index in [0.29, 0.717) is 0 Å². The Morgan fingerprint density at radius 3 is 2.75 bits per heavy atom. The van der Waals surface area contributed by atoms with Gasteiger partial charge in [-0.3, -0.25) is 10.1 Å². The van der Waals surface area contributed by atoms with Crippen LogP contribution in [0.4, 0.5) is 0 Å². The lowest BCUT2D eigenvalue weighted by Gasteiger charge is -2.00. The fourth-order valence-electron chi connectivity index (χ4n) is 1.72. The second-order valence-corrected chi connectivity index (χ2v) is 3.77. The van der Waals surface area contributed by atoms with Gasteiger partial charge in [0.15, 0.2) is 0 Å². The van der Waals surface area contributed by atoms with Crippen molar-refractivity contribution in [1.29, 1.82) is 0 Å². The molecule has 2 N–H and O–H groups in total. The molecule has 2 aromatic heterocycles. The fraction of sp³-hybridized carbons (Fsp3) is 0.333. The van der Waals surface area contributed by atoms with Gasteiger partial charge in [0.25, 0.3) is 0 Å². The molecule has 0 aliphatic heterocycles. The third-order valence-corrected chi connectivity index (χ3v) is 2.69. The number of hydrogen-bond acceptors (Lipinski definition) is 3. The smallest absolute Gasteiger partial charge is 0.0953 e. The normalized spacial score (nSPS) is 10.6. The van der Waals surface area contributed by atoms with Gasteiger partial charge in [0, 0.05) is 36.6 Å². The number of nitrogens with zero attached hydrogens (tertiary/aromatic N) is 2. The molecule has 2 aromatic rings. The van der Waals surface area contributed by atoms with Crippen LogP contribution in [0.1, 0.15) is 11.3 Å². The zero-order valence-corrected chi connectivity index (χ0v) is 9.62. The summed E-state index contributed by atoms with van der Waals surface area (Å²) < 4.78 is 0. The lowest BCUT2D eigenvalue weighted by Crippen LogP contribution is -2.11. The predicted octanol–water partition coefficient (Wildman–Crippen LogP) is 1.54. The van der Waals surface area contributed by atoms with Crippen LogP contribution in [0, 0.1) is 6.92 Å². The number of nitrogens with one attached hydrogen (secondary N) is 2. The van der Waals surface area contributed by atoms with Crippen LogP contribution in [0.25, 0.3) is 11.3 Å². The molecule has 0 spiro atoms.